The third-order valence-corrected chi connectivity index (χ3v) is 3.88. The Morgan fingerprint density at radius 1 is 1.39 bits per heavy atom. The number of hydrogen-bond acceptors (Lipinski definition) is 5. The highest BCUT2D eigenvalue weighted by atomic mass is 16.5. The number of aliphatic carboxylic acids is 1. The summed E-state index contributed by atoms with van der Waals surface area (Å²) in [6.45, 7) is 0.654. The van der Waals surface area contributed by atoms with E-state index in [0.29, 0.717) is 23.7 Å². The molecule has 1 fully saturated rings. The van der Waals surface area contributed by atoms with Crippen LogP contribution in [0.3, 0.4) is 0 Å². The zero-order valence-electron chi connectivity index (χ0n) is 12.7. The highest BCUT2D eigenvalue weighted by Crippen LogP contribution is 2.35. The Morgan fingerprint density at radius 2 is 2.22 bits per heavy atom. The minimum atomic E-state index is -1.07. The Morgan fingerprint density at radius 3 is 2.96 bits per heavy atom. The van der Waals surface area contributed by atoms with Crippen molar-refractivity contribution in [3.05, 3.63) is 29.3 Å². The first-order valence-corrected chi connectivity index (χ1v) is 7.23. The van der Waals surface area contributed by atoms with E-state index in [1.807, 2.05) is 6.07 Å². The van der Waals surface area contributed by atoms with Crippen molar-refractivity contribution in [1.29, 1.82) is 0 Å². The number of carboxylic acids is 1. The molecular formula is C16H17NO6. The lowest BCUT2D eigenvalue weighted by atomic mass is 10.0. The highest BCUT2D eigenvalue weighted by molar-refractivity contribution is 6.01. The van der Waals surface area contributed by atoms with E-state index in [2.05, 4.69) is 0 Å². The van der Waals surface area contributed by atoms with Gasteiger partial charge in [0.1, 0.15) is 6.61 Å². The Bertz CT molecular complexity index is 669. The molecule has 1 aromatic rings. The number of nitrogens with zero attached hydrogens (tertiary/aromatic N) is 1. The zero-order valence-corrected chi connectivity index (χ0v) is 12.7. The molecule has 0 saturated carbocycles. The molecule has 0 bridgehead atoms. The summed E-state index contributed by atoms with van der Waals surface area (Å²) in [5.41, 5.74) is 1.15. The average molecular weight is 319 g/mol. The van der Waals surface area contributed by atoms with Crippen molar-refractivity contribution in [1.82, 2.24) is 4.90 Å². The summed E-state index contributed by atoms with van der Waals surface area (Å²) in [6, 6.07) is 4.43. The summed E-state index contributed by atoms with van der Waals surface area (Å²) in [4.78, 5) is 25.3. The molecule has 1 amide bonds. The Balaban J connectivity index is 1.88. The second kappa shape index (κ2) is 6.29. The lowest BCUT2D eigenvalue weighted by molar-refractivity contribution is -0.156. The first kappa shape index (κ1) is 15.4. The van der Waals surface area contributed by atoms with Crippen LogP contribution in [-0.2, 0) is 14.3 Å². The van der Waals surface area contributed by atoms with Gasteiger partial charge in [0.2, 0.25) is 0 Å². The number of ether oxygens (including phenoxy) is 3. The van der Waals surface area contributed by atoms with E-state index in [-0.39, 0.29) is 25.7 Å². The number of carbonyl (C=O) groups is 2. The van der Waals surface area contributed by atoms with Gasteiger partial charge in [-0.1, -0.05) is 12.1 Å². The molecule has 1 saturated heterocycles. The molecule has 2 aliphatic heterocycles. The number of rotatable bonds is 3. The van der Waals surface area contributed by atoms with Crippen molar-refractivity contribution in [2.75, 3.05) is 33.5 Å². The summed E-state index contributed by atoms with van der Waals surface area (Å²) in [5.74, 6) is -0.227. The average Bonchev–Trinajstić information content (AvgIpc) is 2.60. The van der Waals surface area contributed by atoms with Gasteiger partial charge in [0.05, 0.1) is 25.9 Å². The number of hydrogen-bond donors (Lipinski definition) is 1. The van der Waals surface area contributed by atoms with Crippen LogP contribution in [0.1, 0.15) is 5.56 Å². The maximum Gasteiger partial charge on any atom is 0.328 e. The largest absolute Gasteiger partial charge is 0.493 e. The Kier molecular flexibility index (Phi) is 4.20. The highest BCUT2D eigenvalue weighted by Gasteiger charge is 2.35. The maximum atomic E-state index is 12.7. The van der Waals surface area contributed by atoms with Crippen molar-refractivity contribution < 1.29 is 28.9 Å². The van der Waals surface area contributed by atoms with Crippen molar-refractivity contribution in [2.45, 2.75) is 6.04 Å². The maximum absolute atomic E-state index is 12.7. The molecule has 0 aliphatic carbocycles. The lowest BCUT2D eigenvalue weighted by Gasteiger charge is -2.34. The molecule has 0 aromatic heterocycles. The van der Waals surface area contributed by atoms with Crippen LogP contribution in [0.2, 0.25) is 0 Å². The fourth-order valence-electron chi connectivity index (χ4n) is 2.70. The minimum absolute atomic E-state index is 0.000377. The van der Waals surface area contributed by atoms with Crippen LogP contribution in [0.25, 0.3) is 6.08 Å². The number of carboxylic acid groups (broad SMARTS) is 1. The van der Waals surface area contributed by atoms with E-state index >= 15 is 0 Å². The smallest absolute Gasteiger partial charge is 0.328 e. The van der Waals surface area contributed by atoms with E-state index in [0.717, 1.165) is 5.56 Å². The predicted octanol–water partition coefficient (Wildman–Crippen LogP) is 0.783. The molecule has 1 atom stereocenters. The standard InChI is InChI=1S/C16H17NO6/c1-21-13-4-2-3-10-7-11(8-23-14(10)13)15(18)17-5-6-22-9-12(17)16(19)20/h2-4,7,12H,5-6,8-9H2,1H3,(H,19,20)/t12-/m0/s1. The first-order valence-electron chi connectivity index (χ1n) is 7.23. The van der Waals surface area contributed by atoms with E-state index in [4.69, 9.17) is 14.2 Å². The number of fused-ring (bicyclic) bond motifs is 1. The molecule has 1 aromatic carbocycles. The Hall–Kier alpha value is -2.54. The van der Waals surface area contributed by atoms with Gasteiger partial charge in [-0.05, 0) is 12.1 Å². The first-order chi connectivity index (χ1) is 11.1. The fraction of sp³-hybridized carbons (Fsp3) is 0.375. The van der Waals surface area contributed by atoms with Gasteiger partial charge >= 0.3 is 5.97 Å². The van der Waals surface area contributed by atoms with Gasteiger partial charge in [-0.2, -0.15) is 0 Å². The molecule has 0 spiro atoms. The Labute approximate surface area is 133 Å². The molecular weight excluding hydrogens is 302 g/mol. The van der Waals surface area contributed by atoms with Crippen LogP contribution in [0.4, 0.5) is 0 Å². The number of para-hydroxylation sites is 1. The summed E-state index contributed by atoms with van der Waals surface area (Å²) >= 11 is 0. The molecule has 2 heterocycles. The molecule has 0 radical (unpaired) electrons. The second-order valence-electron chi connectivity index (χ2n) is 5.26. The van der Waals surface area contributed by atoms with Gasteiger partial charge < -0.3 is 24.2 Å². The summed E-state index contributed by atoms with van der Waals surface area (Å²) in [5, 5.41) is 9.24. The second-order valence-corrected chi connectivity index (χ2v) is 5.26. The third kappa shape index (κ3) is 2.87. The summed E-state index contributed by atoms with van der Waals surface area (Å²) < 4.78 is 16.0. The van der Waals surface area contributed by atoms with Crippen LogP contribution in [0, 0.1) is 0 Å². The molecule has 2 aliphatic rings. The zero-order chi connectivity index (χ0) is 16.4. The van der Waals surface area contributed by atoms with Crippen LogP contribution < -0.4 is 9.47 Å². The molecule has 122 valence electrons. The van der Waals surface area contributed by atoms with Gasteiger partial charge in [-0.25, -0.2) is 4.79 Å². The number of morpholine rings is 1. The van der Waals surface area contributed by atoms with Gasteiger partial charge in [0.25, 0.3) is 5.91 Å². The van der Waals surface area contributed by atoms with E-state index in [1.165, 1.54) is 4.90 Å². The number of benzene rings is 1. The predicted molar refractivity (Wildman–Crippen MR) is 80.4 cm³/mol. The summed E-state index contributed by atoms with van der Waals surface area (Å²) in [7, 11) is 1.55. The summed E-state index contributed by atoms with van der Waals surface area (Å²) in [6.07, 6.45) is 1.72. The monoisotopic (exact) mass is 319 g/mol. The topological polar surface area (TPSA) is 85.3 Å². The molecule has 0 unspecified atom stereocenters. The van der Waals surface area contributed by atoms with Crippen molar-refractivity contribution in [3.8, 4) is 11.5 Å². The fourth-order valence-corrected chi connectivity index (χ4v) is 2.70. The third-order valence-electron chi connectivity index (χ3n) is 3.88. The molecule has 7 nitrogen and oxygen atoms in total. The lowest BCUT2D eigenvalue weighted by Crippen LogP contribution is -2.53. The van der Waals surface area contributed by atoms with Crippen LogP contribution in [0.5, 0.6) is 11.5 Å². The number of carbonyl (C=O) groups excluding carboxylic acids is 1. The number of methoxy groups -OCH3 is 1. The molecule has 7 heteroatoms. The molecule has 3 rings (SSSR count). The van der Waals surface area contributed by atoms with E-state index < -0.39 is 12.0 Å². The molecule has 23 heavy (non-hydrogen) atoms. The van der Waals surface area contributed by atoms with Gasteiger partial charge in [0.15, 0.2) is 17.5 Å². The quantitative estimate of drug-likeness (QED) is 0.886. The normalized spacial score (nSPS) is 20.1. The minimum Gasteiger partial charge on any atom is -0.493 e. The van der Waals surface area contributed by atoms with Crippen LogP contribution in [0.15, 0.2) is 23.8 Å². The van der Waals surface area contributed by atoms with Crippen molar-refractivity contribution >= 4 is 18.0 Å². The van der Waals surface area contributed by atoms with Gasteiger partial charge in [-0.15, -0.1) is 0 Å². The van der Waals surface area contributed by atoms with E-state index in [1.54, 1.807) is 25.3 Å². The number of amides is 1. The SMILES string of the molecule is COc1cccc2c1OCC(C(=O)N1CCOC[C@H]1C(=O)O)=C2. The van der Waals surface area contributed by atoms with Crippen LogP contribution in [-0.4, -0.2) is 61.4 Å². The van der Waals surface area contributed by atoms with E-state index in [9.17, 15) is 14.7 Å². The van der Waals surface area contributed by atoms with Crippen LogP contribution >= 0.6 is 0 Å². The van der Waals surface area contributed by atoms with Gasteiger partial charge in [0, 0.05) is 12.1 Å². The van der Waals surface area contributed by atoms with Gasteiger partial charge in [-0.3, -0.25) is 4.79 Å². The van der Waals surface area contributed by atoms with Crippen molar-refractivity contribution in [2.24, 2.45) is 0 Å². The van der Waals surface area contributed by atoms with Crippen molar-refractivity contribution in [3.63, 3.8) is 0 Å². The molecule has 1 N–H and O–H groups in total.